The summed E-state index contributed by atoms with van der Waals surface area (Å²) in [5.41, 5.74) is 0. The first kappa shape index (κ1) is 17.6. The first-order valence-electron chi connectivity index (χ1n) is 7.18. The minimum Gasteiger partial charge on any atom is -0.744 e. The summed E-state index contributed by atoms with van der Waals surface area (Å²) in [6.45, 7) is 2.23. The molecule has 4 heteroatoms. The van der Waals surface area contributed by atoms with Crippen LogP contribution in [0.4, 0.5) is 0 Å². The molecule has 0 atom stereocenters. The molecule has 0 unspecified atom stereocenters. The van der Waals surface area contributed by atoms with Crippen LogP contribution in [0.15, 0.2) is 11.5 Å². The van der Waals surface area contributed by atoms with Gasteiger partial charge in [0.15, 0.2) is 0 Å². The molecular formula is C14H27O3S-. The third-order valence-electron chi connectivity index (χ3n) is 2.99. The van der Waals surface area contributed by atoms with Gasteiger partial charge >= 0.3 is 0 Å². The molecule has 3 nitrogen and oxygen atoms in total. The fraction of sp³-hybridized carbons (Fsp3) is 0.857. The minimum atomic E-state index is -4.17. The molecule has 0 fully saturated rings. The molecule has 0 amide bonds. The molecule has 0 bridgehead atoms. The van der Waals surface area contributed by atoms with E-state index in [-0.39, 0.29) is 0 Å². The number of hydrogen-bond donors (Lipinski definition) is 0. The number of allylic oxidation sites excluding steroid dienone is 1. The van der Waals surface area contributed by atoms with Crippen LogP contribution in [0.2, 0.25) is 0 Å². The molecule has 0 saturated heterocycles. The normalized spacial score (nSPS) is 12.3. The molecule has 18 heavy (non-hydrogen) atoms. The van der Waals surface area contributed by atoms with Gasteiger partial charge in [0, 0.05) is 5.41 Å². The Labute approximate surface area is 112 Å². The van der Waals surface area contributed by atoms with Crippen LogP contribution in [0.25, 0.3) is 0 Å². The van der Waals surface area contributed by atoms with Crippen molar-refractivity contribution in [2.24, 2.45) is 0 Å². The van der Waals surface area contributed by atoms with Crippen molar-refractivity contribution in [1.82, 2.24) is 0 Å². The molecule has 0 aromatic rings. The fourth-order valence-electron chi connectivity index (χ4n) is 1.94. The van der Waals surface area contributed by atoms with Gasteiger partial charge in [-0.1, -0.05) is 70.8 Å². The van der Waals surface area contributed by atoms with Gasteiger partial charge < -0.3 is 4.55 Å². The molecule has 0 aliphatic rings. The SMILES string of the molecule is CCCCCCCCCCCC/C=C/S(=O)(=O)[O-]. The third-order valence-corrected chi connectivity index (χ3v) is 3.51. The van der Waals surface area contributed by atoms with Crippen LogP contribution in [0, 0.1) is 0 Å². The van der Waals surface area contributed by atoms with E-state index in [1.165, 1.54) is 57.4 Å². The summed E-state index contributed by atoms with van der Waals surface area (Å²) in [5.74, 6) is 0. The van der Waals surface area contributed by atoms with Gasteiger partial charge in [0.25, 0.3) is 0 Å². The molecule has 0 saturated carbocycles. The van der Waals surface area contributed by atoms with Crippen molar-refractivity contribution in [3.63, 3.8) is 0 Å². The van der Waals surface area contributed by atoms with Gasteiger partial charge in [0.2, 0.25) is 0 Å². The van der Waals surface area contributed by atoms with Crippen LogP contribution >= 0.6 is 0 Å². The van der Waals surface area contributed by atoms with Gasteiger partial charge in [-0.2, -0.15) is 0 Å². The van der Waals surface area contributed by atoms with E-state index in [0.717, 1.165) is 18.2 Å². The summed E-state index contributed by atoms with van der Waals surface area (Å²) < 4.78 is 30.8. The van der Waals surface area contributed by atoms with Crippen LogP contribution in [-0.4, -0.2) is 13.0 Å². The molecule has 0 heterocycles. The van der Waals surface area contributed by atoms with Crippen molar-refractivity contribution in [3.05, 3.63) is 11.5 Å². The average Bonchev–Trinajstić information content (AvgIpc) is 2.29. The molecule has 0 radical (unpaired) electrons. The Kier molecular flexibility index (Phi) is 11.5. The highest BCUT2D eigenvalue weighted by Crippen LogP contribution is 2.11. The van der Waals surface area contributed by atoms with Crippen molar-refractivity contribution < 1.29 is 13.0 Å². The maximum atomic E-state index is 10.3. The first-order chi connectivity index (χ1) is 8.56. The van der Waals surface area contributed by atoms with Gasteiger partial charge in [-0.3, -0.25) is 0 Å². The molecule has 108 valence electrons. The predicted octanol–water partition coefficient (Wildman–Crippen LogP) is 4.36. The Morgan fingerprint density at radius 2 is 1.28 bits per heavy atom. The molecular weight excluding hydrogens is 248 g/mol. The third kappa shape index (κ3) is 15.6. The quantitative estimate of drug-likeness (QED) is 0.393. The monoisotopic (exact) mass is 275 g/mol. The second-order valence-electron chi connectivity index (χ2n) is 4.84. The summed E-state index contributed by atoms with van der Waals surface area (Å²) >= 11 is 0. The maximum absolute atomic E-state index is 10.3. The molecule has 0 spiro atoms. The van der Waals surface area contributed by atoms with E-state index in [2.05, 4.69) is 6.92 Å². The van der Waals surface area contributed by atoms with Gasteiger partial charge in [-0.15, -0.1) is 0 Å². The lowest BCUT2D eigenvalue weighted by Gasteiger charge is -2.01. The zero-order valence-electron chi connectivity index (χ0n) is 11.6. The van der Waals surface area contributed by atoms with E-state index in [1.54, 1.807) is 0 Å². The molecule has 0 rings (SSSR count). The van der Waals surface area contributed by atoms with Crippen molar-refractivity contribution in [2.45, 2.75) is 77.6 Å². The fourth-order valence-corrected chi connectivity index (χ4v) is 2.31. The Morgan fingerprint density at radius 3 is 1.72 bits per heavy atom. The van der Waals surface area contributed by atoms with Crippen LogP contribution in [-0.2, 0) is 10.1 Å². The van der Waals surface area contributed by atoms with Gasteiger partial charge in [0.05, 0.1) is 0 Å². The molecule has 0 aromatic heterocycles. The van der Waals surface area contributed by atoms with E-state index in [9.17, 15) is 13.0 Å². The highest BCUT2D eigenvalue weighted by molar-refractivity contribution is 7.88. The van der Waals surface area contributed by atoms with Crippen LogP contribution in [0.3, 0.4) is 0 Å². The summed E-state index contributed by atoms with van der Waals surface area (Å²) in [7, 11) is -4.17. The Hall–Kier alpha value is -0.350. The zero-order valence-corrected chi connectivity index (χ0v) is 12.4. The molecule has 0 aliphatic heterocycles. The van der Waals surface area contributed by atoms with E-state index >= 15 is 0 Å². The largest absolute Gasteiger partial charge is 0.744 e. The second kappa shape index (κ2) is 11.7. The van der Waals surface area contributed by atoms with Crippen molar-refractivity contribution in [2.75, 3.05) is 0 Å². The van der Waals surface area contributed by atoms with Gasteiger partial charge in [-0.25, -0.2) is 8.42 Å². The van der Waals surface area contributed by atoms with E-state index in [1.807, 2.05) is 0 Å². The van der Waals surface area contributed by atoms with Gasteiger partial charge in [0.1, 0.15) is 10.1 Å². The summed E-state index contributed by atoms with van der Waals surface area (Å²) in [6, 6.07) is 0. The number of hydrogen-bond acceptors (Lipinski definition) is 3. The van der Waals surface area contributed by atoms with Crippen LogP contribution in [0.5, 0.6) is 0 Å². The smallest absolute Gasteiger partial charge is 0.117 e. The summed E-state index contributed by atoms with van der Waals surface area (Å²) in [4.78, 5) is 0. The van der Waals surface area contributed by atoms with Crippen molar-refractivity contribution in [3.8, 4) is 0 Å². The lowest BCUT2D eigenvalue weighted by atomic mass is 10.1. The Bertz CT molecular complexity index is 294. The predicted molar refractivity (Wildman–Crippen MR) is 75.3 cm³/mol. The van der Waals surface area contributed by atoms with E-state index in [4.69, 9.17) is 0 Å². The minimum absolute atomic E-state index is 0.692. The number of unbranched alkanes of at least 4 members (excludes halogenated alkanes) is 10. The lowest BCUT2D eigenvalue weighted by Crippen LogP contribution is -1.89. The summed E-state index contributed by atoms with van der Waals surface area (Å²) in [5, 5.41) is 0.765. The second-order valence-corrected chi connectivity index (χ2v) is 6.09. The van der Waals surface area contributed by atoms with Crippen molar-refractivity contribution in [1.29, 1.82) is 0 Å². The molecule has 0 N–H and O–H groups in total. The van der Waals surface area contributed by atoms with Gasteiger partial charge in [-0.05, 0) is 12.8 Å². The van der Waals surface area contributed by atoms with E-state index < -0.39 is 10.1 Å². The molecule has 0 aliphatic carbocycles. The highest BCUT2D eigenvalue weighted by atomic mass is 32.2. The summed E-state index contributed by atoms with van der Waals surface area (Å²) in [6.07, 6.45) is 14.8. The number of rotatable bonds is 12. The topological polar surface area (TPSA) is 57.2 Å². The highest BCUT2D eigenvalue weighted by Gasteiger charge is 1.92. The maximum Gasteiger partial charge on any atom is 0.117 e. The van der Waals surface area contributed by atoms with Crippen molar-refractivity contribution >= 4 is 10.1 Å². The average molecular weight is 275 g/mol. The standard InChI is InChI=1S/C14H28O3S/c1-2-3-4-5-6-7-8-9-10-11-12-13-14-18(15,16)17/h13-14H,2-12H2,1H3,(H,15,16,17)/p-1/b14-13+. The Balaban J connectivity index is 3.15. The first-order valence-corrected chi connectivity index (χ1v) is 8.66. The van der Waals surface area contributed by atoms with Crippen LogP contribution in [0.1, 0.15) is 77.6 Å². The van der Waals surface area contributed by atoms with E-state index in [0.29, 0.717) is 6.42 Å². The Morgan fingerprint density at radius 1 is 0.833 bits per heavy atom. The zero-order chi connectivity index (χ0) is 13.7. The lowest BCUT2D eigenvalue weighted by molar-refractivity contribution is 0.474. The molecule has 0 aromatic carbocycles. The van der Waals surface area contributed by atoms with Crippen LogP contribution < -0.4 is 0 Å².